The van der Waals surface area contributed by atoms with Crippen molar-refractivity contribution in [2.24, 2.45) is 0 Å². The number of rotatable bonds is 35. The number of unbranched alkanes of at least 4 members (excludes halogenated alkanes) is 3. The predicted molar refractivity (Wildman–Crippen MR) is 246 cm³/mol. The summed E-state index contributed by atoms with van der Waals surface area (Å²) in [6, 6.07) is 0. The fourth-order valence-electron chi connectivity index (χ4n) is 4.61. The fraction of sp³-hybridized carbons (Fsp3) is 0.529. The van der Waals surface area contributed by atoms with Gasteiger partial charge in [0.1, 0.15) is 19.3 Å². The van der Waals surface area contributed by atoms with Gasteiger partial charge in [0.25, 0.3) is 0 Å². The lowest BCUT2D eigenvalue weighted by Gasteiger charge is -2.08. The number of ether oxygens (including phenoxy) is 2. The highest BCUT2D eigenvalue weighted by molar-refractivity contribution is 5.69. The molecule has 7 heteroatoms. The zero-order valence-electron chi connectivity index (χ0n) is 36.4. The summed E-state index contributed by atoms with van der Waals surface area (Å²) in [5, 5.41) is 27.1. The van der Waals surface area contributed by atoms with Gasteiger partial charge >= 0.3 is 11.9 Å². The average Bonchev–Trinajstić information content (AvgIpc) is 3.23. The van der Waals surface area contributed by atoms with Crippen LogP contribution in [0.3, 0.4) is 0 Å². The fourth-order valence-corrected chi connectivity index (χ4v) is 4.61. The van der Waals surface area contributed by atoms with Crippen LogP contribution in [0.1, 0.15) is 143 Å². The van der Waals surface area contributed by atoms with Gasteiger partial charge in [0.2, 0.25) is 0 Å². The van der Waals surface area contributed by atoms with Gasteiger partial charge in [-0.05, 0) is 103 Å². The van der Waals surface area contributed by atoms with Crippen LogP contribution in [0.5, 0.6) is 0 Å². The molecule has 0 radical (unpaired) electrons. The average molecular weight is 805 g/mol. The van der Waals surface area contributed by atoms with Gasteiger partial charge in [-0.1, -0.05) is 161 Å². The van der Waals surface area contributed by atoms with Crippen LogP contribution in [-0.2, 0) is 19.1 Å². The Morgan fingerprint density at radius 1 is 0.414 bits per heavy atom. The van der Waals surface area contributed by atoms with Gasteiger partial charge < -0.3 is 24.8 Å². The van der Waals surface area contributed by atoms with Crippen LogP contribution in [0, 0.1) is 0 Å². The second-order valence-electron chi connectivity index (χ2n) is 13.5. The third kappa shape index (κ3) is 50.0. The molecule has 0 aliphatic carbocycles. The summed E-state index contributed by atoms with van der Waals surface area (Å²) in [7, 11) is 0. The van der Waals surface area contributed by atoms with Crippen LogP contribution in [0.25, 0.3) is 0 Å². The Balaban J connectivity index is 0. The Bertz CT molecular complexity index is 1260. The predicted octanol–water partition coefficient (Wildman–Crippen LogP) is 12.4. The summed E-state index contributed by atoms with van der Waals surface area (Å²) >= 11 is 0. The zero-order valence-corrected chi connectivity index (χ0v) is 36.4. The molecule has 326 valence electrons. The molecule has 0 aliphatic heterocycles. The van der Waals surface area contributed by atoms with E-state index in [1.165, 1.54) is 0 Å². The molecule has 2 atom stereocenters. The lowest BCUT2D eigenvalue weighted by Crippen LogP contribution is -2.21. The molecule has 0 amide bonds. The quantitative estimate of drug-likeness (QED) is 0.0332. The normalized spacial score (nSPS) is 13.8. The number of esters is 2. The Kier molecular flexibility index (Phi) is 47.5. The number of allylic oxidation sites excluding steroid dienone is 22. The maximum atomic E-state index is 11.4. The molecule has 0 rings (SSSR count). The standard InChI is InChI=1S/C26H40O3.C25H40O4/c1-3-5-6-7-8-9-10-11-12-13-14-15-16-17-18-19-20-21-22-23-26(28)29-24-25(27)4-2;1-2-3-4-5-6-7-8-9-10-11-12-13-14-15-16-17-18-19-20-21-25(28)29-23-24(27)22-26/h5-6,8-9,11-12,14-15,17-18,20-21,25,27H,3-4,7,10,13,16,19,22-24H2,1-2H3;3-4,6-7,9-10,12-13,15-16,24,26-27H,2,5,8,11,14,17-23H2,1H3/b6-5-,9-8-,12-11-,15-14-,18-17-,21-20-;4-3-,7-6-,10-9-,13-12-,16-15-. The lowest BCUT2D eigenvalue weighted by molar-refractivity contribution is -0.147. The van der Waals surface area contributed by atoms with Crippen molar-refractivity contribution < 1.29 is 34.4 Å². The summed E-state index contributed by atoms with van der Waals surface area (Å²) in [5.74, 6) is -0.565. The van der Waals surface area contributed by atoms with Gasteiger partial charge in [0.05, 0.1) is 12.7 Å². The highest BCUT2D eigenvalue weighted by atomic mass is 16.5. The second-order valence-corrected chi connectivity index (χ2v) is 13.5. The van der Waals surface area contributed by atoms with Gasteiger partial charge in [-0.25, -0.2) is 0 Å². The number of carbonyl (C=O) groups excluding carboxylic acids is 2. The van der Waals surface area contributed by atoms with Gasteiger partial charge in [-0.3, -0.25) is 9.59 Å². The van der Waals surface area contributed by atoms with Crippen molar-refractivity contribution in [2.45, 2.75) is 155 Å². The van der Waals surface area contributed by atoms with Gasteiger partial charge in [0.15, 0.2) is 0 Å². The summed E-state index contributed by atoms with van der Waals surface area (Å²) in [6.45, 7) is 5.73. The van der Waals surface area contributed by atoms with Gasteiger partial charge in [0, 0.05) is 12.8 Å². The smallest absolute Gasteiger partial charge is 0.306 e. The monoisotopic (exact) mass is 805 g/mol. The third-order valence-electron chi connectivity index (χ3n) is 8.08. The van der Waals surface area contributed by atoms with Crippen LogP contribution in [0.4, 0.5) is 0 Å². The third-order valence-corrected chi connectivity index (χ3v) is 8.08. The van der Waals surface area contributed by atoms with E-state index < -0.39 is 12.2 Å². The highest BCUT2D eigenvalue weighted by Gasteiger charge is 2.07. The first-order chi connectivity index (χ1) is 28.4. The van der Waals surface area contributed by atoms with Crippen molar-refractivity contribution in [1.29, 1.82) is 0 Å². The topological polar surface area (TPSA) is 113 Å². The van der Waals surface area contributed by atoms with E-state index in [4.69, 9.17) is 19.7 Å². The Labute approximate surface area is 353 Å². The van der Waals surface area contributed by atoms with E-state index in [0.29, 0.717) is 25.7 Å². The summed E-state index contributed by atoms with van der Waals surface area (Å²) in [4.78, 5) is 22.8. The highest BCUT2D eigenvalue weighted by Crippen LogP contribution is 2.06. The number of carbonyl (C=O) groups is 2. The van der Waals surface area contributed by atoms with Crippen molar-refractivity contribution in [1.82, 2.24) is 0 Å². The van der Waals surface area contributed by atoms with E-state index in [2.05, 4.69) is 141 Å². The van der Waals surface area contributed by atoms with Crippen LogP contribution in [0.15, 0.2) is 134 Å². The van der Waals surface area contributed by atoms with Crippen molar-refractivity contribution in [3.8, 4) is 0 Å². The Morgan fingerprint density at radius 3 is 1.10 bits per heavy atom. The summed E-state index contributed by atoms with van der Waals surface area (Å²) < 4.78 is 9.83. The van der Waals surface area contributed by atoms with Crippen molar-refractivity contribution in [3.63, 3.8) is 0 Å². The van der Waals surface area contributed by atoms with Gasteiger partial charge in [-0.15, -0.1) is 0 Å². The first-order valence-corrected chi connectivity index (χ1v) is 21.8. The summed E-state index contributed by atoms with van der Waals surface area (Å²) in [5.41, 5.74) is 0. The zero-order chi connectivity index (χ0) is 42.8. The molecule has 2 unspecified atom stereocenters. The van der Waals surface area contributed by atoms with Gasteiger partial charge in [-0.2, -0.15) is 0 Å². The molecule has 0 aromatic heterocycles. The van der Waals surface area contributed by atoms with E-state index in [1.807, 2.05) is 13.0 Å². The maximum absolute atomic E-state index is 11.4. The molecular weight excluding hydrogens is 725 g/mol. The molecule has 0 aromatic carbocycles. The first kappa shape index (κ1) is 56.1. The maximum Gasteiger partial charge on any atom is 0.306 e. The van der Waals surface area contributed by atoms with Crippen molar-refractivity contribution >= 4 is 11.9 Å². The molecule has 3 N–H and O–H groups in total. The number of aliphatic hydroxyl groups excluding tert-OH is 3. The van der Waals surface area contributed by atoms with E-state index in [1.54, 1.807) is 0 Å². The minimum Gasteiger partial charge on any atom is -0.463 e. The summed E-state index contributed by atoms with van der Waals surface area (Å²) in [6.07, 6.45) is 63.1. The molecule has 0 heterocycles. The number of hydrogen-bond acceptors (Lipinski definition) is 7. The molecule has 58 heavy (non-hydrogen) atoms. The minimum atomic E-state index is -0.978. The van der Waals surface area contributed by atoms with E-state index in [-0.39, 0.29) is 31.8 Å². The molecule has 7 nitrogen and oxygen atoms in total. The van der Waals surface area contributed by atoms with Crippen LogP contribution >= 0.6 is 0 Å². The molecule has 0 bridgehead atoms. The molecule has 0 aliphatic rings. The molecule has 0 aromatic rings. The molecular formula is C51H80O7. The Hall–Kier alpha value is -4.04. The number of aliphatic hydroxyl groups is 3. The minimum absolute atomic E-state index is 0.0963. The molecule has 0 fully saturated rings. The van der Waals surface area contributed by atoms with Crippen LogP contribution in [-0.4, -0.2) is 59.3 Å². The first-order valence-electron chi connectivity index (χ1n) is 21.8. The SMILES string of the molecule is CC/C=C\C/C=C\C/C=C\C/C=C\C/C=C\C/C=C\CCC(=O)OCC(O)CC.CC/C=C\C/C=C\C/C=C\C/C=C\C/C=C\CCCCCC(=O)OCC(O)CO. The molecule has 0 saturated carbocycles. The van der Waals surface area contributed by atoms with E-state index in [0.717, 1.165) is 96.3 Å². The van der Waals surface area contributed by atoms with Crippen LogP contribution < -0.4 is 0 Å². The van der Waals surface area contributed by atoms with Crippen molar-refractivity contribution in [2.75, 3.05) is 19.8 Å². The van der Waals surface area contributed by atoms with E-state index in [9.17, 15) is 14.7 Å². The lowest BCUT2D eigenvalue weighted by atomic mass is 10.1. The molecule has 0 saturated heterocycles. The van der Waals surface area contributed by atoms with E-state index >= 15 is 0 Å². The Morgan fingerprint density at radius 2 is 0.741 bits per heavy atom. The molecule has 0 spiro atoms. The van der Waals surface area contributed by atoms with Crippen LogP contribution in [0.2, 0.25) is 0 Å². The second kappa shape index (κ2) is 49.1. The largest absolute Gasteiger partial charge is 0.463 e. The number of hydrogen-bond donors (Lipinski definition) is 3. The van der Waals surface area contributed by atoms with Crippen molar-refractivity contribution in [3.05, 3.63) is 134 Å².